The van der Waals surface area contributed by atoms with Gasteiger partial charge in [-0.15, -0.1) is 0 Å². The Labute approximate surface area is 183 Å². The van der Waals surface area contributed by atoms with Gasteiger partial charge < -0.3 is 15.6 Å². The molecular weight excluding hydrogens is 421 g/mol. The third-order valence-corrected chi connectivity index (χ3v) is 5.27. The van der Waals surface area contributed by atoms with Crippen molar-refractivity contribution in [2.45, 2.75) is 6.61 Å². The van der Waals surface area contributed by atoms with Gasteiger partial charge in [0.2, 0.25) is 5.95 Å². The van der Waals surface area contributed by atoms with Crippen LogP contribution in [0.25, 0.3) is 22.4 Å². The van der Waals surface area contributed by atoms with Gasteiger partial charge in [-0.05, 0) is 29.8 Å². The monoisotopic (exact) mass is 437 g/mol. The largest absolute Gasteiger partial charge is 0.507 e. The maximum absolute atomic E-state index is 10.7. The molecule has 0 bridgehead atoms. The Morgan fingerprint density at radius 2 is 1.63 bits per heavy atom. The van der Waals surface area contributed by atoms with E-state index in [1.807, 2.05) is 30.3 Å². The highest BCUT2D eigenvalue weighted by atomic mass is 35.5. The van der Waals surface area contributed by atoms with E-state index in [9.17, 15) is 5.11 Å². The number of hydrogen-bond donors (Lipinski definition) is 2. The summed E-state index contributed by atoms with van der Waals surface area (Å²) in [6.07, 6.45) is 1.65. The van der Waals surface area contributed by atoms with Crippen molar-refractivity contribution in [1.82, 2.24) is 9.97 Å². The Hall–Kier alpha value is -3.28. The first-order valence-corrected chi connectivity index (χ1v) is 9.85. The first-order valence-electron chi connectivity index (χ1n) is 9.10. The van der Waals surface area contributed by atoms with Crippen molar-refractivity contribution in [3.63, 3.8) is 0 Å². The number of halogens is 2. The molecule has 1 aromatic heterocycles. The molecule has 0 radical (unpaired) electrons. The molecule has 5 nitrogen and oxygen atoms in total. The van der Waals surface area contributed by atoms with Crippen molar-refractivity contribution >= 4 is 29.2 Å². The Balaban J connectivity index is 1.65. The Kier molecular flexibility index (Phi) is 5.74. The van der Waals surface area contributed by atoms with Crippen LogP contribution in [0.4, 0.5) is 5.95 Å². The average Bonchev–Trinajstić information content (AvgIpc) is 2.74. The molecule has 0 aliphatic carbocycles. The van der Waals surface area contributed by atoms with E-state index in [1.54, 1.807) is 36.5 Å². The number of anilines is 1. The first-order chi connectivity index (χ1) is 14.5. The molecule has 7 heteroatoms. The predicted molar refractivity (Wildman–Crippen MR) is 120 cm³/mol. The maximum atomic E-state index is 10.7. The number of nitrogen functional groups attached to an aromatic ring is 1. The molecule has 4 aromatic rings. The summed E-state index contributed by atoms with van der Waals surface area (Å²) in [6.45, 7) is 0.174. The van der Waals surface area contributed by atoms with Gasteiger partial charge in [0.25, 0.3) is 0 Å². The van der Waals surface area contributed by atoms with Gasteiger partial charge in [-0.2, -0.15) is 0 Å². The van der Waals surface area contributed by atoms with Gasteiger partial charge >= 0.3 is 0 Å². The molecule has 30 heavy (non-hydrogen) atoms. The van der Waals surface area contributed by atoms with Gasteiger partial charge in [-0.25, -0.2) is 9.97 Å². The number of phenolic OH excluding ortho intramolecular Hbond substituents is 1. The Morgan fingerprint density at radius 3 is 2.33 bits per heavy atom. The van der Waals surface area contributed by atoms with E-state index in [2.05, 4.69) is 9.97 Å². The number of aromatic hydroxyl groups is 1. The highest BCUT2D eigenvalue weighted by Gasteiger charge is 2.15. The minimum Gasteiger partial charge on any atom is -0.507 e. The number of aromatic nitrogens is 2. The average molecular weight is 438 g/mol. The summed E-state index contributed by atoms with van der Waals surface area (Å²) in [5.41, 5.74) is 9.22. The van der Waals surface area contributed by atoms with Crippen LogP contribution in [0.2, 0.25) is 10.0 Å². The fraction of sp³-hybridized carbons (Fsp3) is 0.0435. The van der Waals surface area contributed by atoms with Gasteiger partial charge in [0, 0.05) is 39.0 Å². The van der Waals surface area contributed by atoms with Crippen molar-refractivity contribution in [3.05, 3.63) is 88.5 Å². The Bertz CT molecular complexity index is 1180. The van der Waals surface area contributed by atoms with Crippen LogP contribution >= 0.6 is 23.2 Å². The van der Waals surface area contributed by atoms with Crippen LogP contribution in [0.3, 0.4) is 0 Å². The van der Waals surface area contributed by atoms with Crippen molar-refractivity contribution in [2.24, 2.45) is 0 Å². The fourth-order valence-corrected chi connectivity index (χ4v) is 3.56. The number of benzene rings is 3. The van der Waals surface area contributed by atoms with E-state index < -0.39 is 0 Å². The van der Waals surface area contributed by atoms with Crippen molar-refractivity contribution in [3.8, 4) is 33.9 Å². The summed E-state index contributed by atoms with van der Waals surface area (Å²) in [5, 5.41) is 11.7. The molecule has 0 saturated carbocycles. The first kappa shape index (κ1) is 20.0. The van der Waals surface area contributed by atoms with Crippen LogP contribution in [-0.2, 0) is 6.61 Å². The van der Waals surface area contributed by atoms with Crippen LogP contribution in [0.1, 0.15) is 5.56 Å². The normalized spacial score (nSPS) is 10.7. The van der Waals surface area contributed by atoms with Crippen molar-refractivity contribution in [1.29, 1.82) is 0 Å². The molecule has 0 atom stereocenters. The standard InChI is InChI=1S/C23H17Cl2N3O2/c24-19-7-4-8-20(25)18(19)13-30-15-9-10-16(21(29)11-15)22-17(12-27-23(26)28-22)14-5-2-1-3-6-14/h1-12,29H,13H2,(H2,26,27,28). The summed E-state index contributed by atoms with van der Waals surface area (Å²) < 4.78 is 5.78. The summed E-state index contributed by atoms with van der Waals surface area (Å²) >= 11 is 12.4. The number of nitrogens with zero attached hydrogens (tertiary/aromatic N) is 2. The van der Waals surface area contributed by atoms with Crippen LogP contribution < -0.4 is 10.5 Å². The van der Waals surface area contributed by atoms with E-state index >= 15 is 0 Å². The zero-order chi connectivity index (χ0) is 21.1. The molecule has 3 N–H and O–H groups in total. The van der Waals surface area contributed by atoms with E-state index in [-0.39, 0.29) is 18.3 Å². The quantitative estimate of drug-likeness (QED) is 0.400. The minimum atomic E-state index is 0.00744. The molecule has 4 rings (SSSR count). The van der Waals surface area contributed by atoms with Gasteiger partial charge in [0.05, 0.1) is 5.69 Å². The molecule has 150 valence electrons. The topological polar surface area (TPSA) is 81.3 Å². The molecule has 0 saturated heterocycles. The lowest BCUT2D eigenvalue weighted by Gasteiger charge is -2.13. The Morgan fingerprint density at radius 1 is 0.900 bits per heavy atom. The highest BCUT2D eigenvalue weighted by molar-refractivity contribution is 6.35. The molecule has 3 aromatic carbocycles. The molecule has 0 spiro atoms. The third-order valence-electron chi connectivity index (χ3n) is 4.56. The zero-order valence-corrected chi connectivity index (χ0v) is 17.2. The lowest BCUT2D eigenvalue weighted by atomic mass is 10.00. The van der Waals surface area contributed by atoms with Crippen LogP contribution in [0.15, 0.2) is 72.9 Å². The summed E-state index contributed by atoms with van der Waals surface area (Å²) in [5.74, 6) is 0.598. The van der Waals surface area contributed by atoms with Gasteiger partial charge in [-0.1, -0.05) is 59.6 Å². The maximum Gasteiger partial charge on any atom is 0.220 e. The number of phenols is 1. The van der Waals surface area contributed by atoms with Crippen LogP contribution in [0.5, 0.6) is 11.5 Å². The molecular formula is C23H17Cl2N3O2. The number of rotatable bonds is 5. The van der Waals surface area contributed by atoms with E-state index in [0.29, 0.717) is 32.6 Å². The number of nitrogens with two attached hydrogens (primary N) is 1. The highest BCUT2D eigenvalue weighted by Crippen LogP contribution is 2.37. The number of hydrogen-bond acceptors (Lipinski definition) is 5. The second-order valence-corrected chi connectivity index (χ2v) is 7.34. The molecule has 0 unspecified atom stereocenters. The van der Waals surface area contributed by atoms with E-state index in [0.717, 1.165) is 11.1 Å². The third kappa shape index (κ3) is 4.17. The SMILES string of the molecule is Nc1ncc(-c2ccccc2)c(-c2ccc(OCc3c(Cl)cccc3Cl)cc2O)n1. The van der Waals surface area contributed by atoms with Gasteiger partial charge in [0.15, 0.2) is 0 Å². The predicted octanol–water partition coefficient (Wildman–Crippen LogP) is 5.98. The lowest BCUT2D eigenvalue weighted by molar-refractivity contribution is 0.304. The lowest BCUT2D eigenvalue weighted by Crippen LogP contribution is -2.00. The van der Waals surface area contributed by atoms with Crippen LogP contribution in [-0.4, -0.2) is 15.1 Å². The molecule has 0 amide bonds. The minimum absolute atomic E-state index is 0.00744. The van der Waals surface area contributed by atoms with Crippen molar-refractivity contribution < 1.29 is 9.84 Å². The molecule has 0 fully saturated rings. The second kappa shape index (κ2) is 8.61. The van der Waals surface area contributed by atoms with Crippen molar-refractivity contribution in [2.75, 3.05) is 5.73 Å². The second-order valence-electron chi connectivity index (χ2n) is 6.52. The number of ether oxygens (including phenoxy) is 1. The summed E-state index contributed by atoms with van der Waals surface area (Å²) in [6, 6.07) is 19.9. The van der Waals surface area contributed by atoms with Crippen LogP contribution in [0, 0.1) is 0 Å². The smallest absolute Gasteiger partial charge is 0.220 e. The van der Waals surface area contributed by atoms with E-state index in [4.69, 9.17) is 33.7 Å². The fourth-order valence-electron chi connectivity index (χ4n) is 3.06. The van der Waals surface area contributed by atoms with E-state index in [1.165, 1.54) is 6.07 Å². The molecule has 0 aliphatic heterocycles. The van der Waals surface area contributed by atoms with Gasteiger partial charge in [-0.3, -0.25) is 0 Å². The summed E-state index contributed by atoms with van der Waals surface area (Å²) in [4.78, 5) is 8.46. The summed E-state index contributed by atoms with van der Waals surface area (Å²) in [7, 11) is 0. The molecule has 0 aliphatic rings. The zero-order valence-electron chi connectivity index (χ0n) is 15.7. The molecule has 1 heterocycles. The van der Waals surface area contributed by atoms with Gasteiger partial charge in [0.1, 0.15) is 18.1 Å².